The van der Waals surface area contributed by atoms with Crippen molar-refractivity contribution < 1.29 is 14.3 Å². The number of esters is 1. The van der Waals surface area contributed by atoms with Crippen molar-refractivity contribution in [2.45, 2.75) is 39.0 Å². The summed E-state index contributed by atoms with van der Waals surface area (Å²) < 4.78 is 5.22. The van der Waals surface area contributed by atoms with Crippen molar-refractivity contribution in [1.29, 1.82) is 0 Å². The standard InChI is InChI=1S/C17H19NO3S/c1-3-21-17(20)14-10(2)18-12-5-4-6-13(19)16(12)15(14)11-7-8-22-9-11/h7-9,15-16H,3-6H2,1-2H3. The second-order valence-electron chi connectivity index (χ2n) is 5.65. The zero-order valence-corrected chi connectivity index (χ0v) is 13.6. The van der Waals surface area contributed by atoms with Crippen LogP contribution < -0.4 is 0 Å². The largest absolute Gasteiger partial charge is 0.463 e. The molecule has 0 N–H and O–H groups in total. The van der Waals surface area contributed by atoms with Gasteiger partial charge in [-0.2, -0.15) is 11.3 Å². The fourth-order valence-electron chi connectivity index (χ4n) is 3.41. The fourth-order valence-corrected chi connectivity index (χ4v) is 4.10. The lowest BCUT2D eigenvalue weighted by atomic mass is 9.70. The number of fused-ring (bicyclic) bond motifs is 1. The Kier molecular flexibility index (Phi) is 4.25. The Morgan fingerprint density at radius 2 is 2.23 bits per heavy atom. The maximum absolute atomic E-state index is 12.5. The molecule has 1 aliphatic heterocycles. The molecule has 5 heteroatoms. The van der Waals surface area contributed by atoms with Gasteiger partial charge in [0.05, 0.1) is 18.1 Å². The van der Waals surface area contributed by atoms with E-state index in [1.165, 1.54) is 0 Å². The van der Waals surface area contributed by atoms with E-state index >= 15 is 0 Å². The number of Topliss-reactive ketones (excluding diaryl/α,β-unsaturated/α-hetero) is 1. The topological polar surface area (TPSA) is 55.7 Å². The molecule has 0 aromatic carbocycles. The summed E-state index contributed by atoms with van der Waals surface area (Å²) >= 11 is 1.58. The van der Waals surface area contributed by atoms with E-state index in [-0.39, 0.29) is 23.6 Å². The highest BCUT2D eigenvalue weighted by Gasteiger charge is 2.43. The fraction of sp³-hybridized carbons (Fsp3) is 0.471. The van der Waals surface area contributed by atoms with Gasteiger partial charge in [0.15, 0.2) is 0 Å². The second kappa shape index (κ2) is 6.16. The lowest BCUT2D eigenvalue weighted by Gasteiger charge is -2.35. The molecule has 2 aliphatic rings. The van der Waals surface area contributed by atoms with Gasteiger partial charge in [-0.3, -0.25) is 9.79 Å². The van der Waals surface area contributed by atoms with E-state index in [0.29, 0.717) is 24.3 Å². The smallest absolute Gasteiger partial charge is 0.336 e. The molecule has 1 aromatic rings. The minimum Gasteiger partial charge on any atom is -0.463 e. The number of ether oxygens (including phenoxy) is 1. The Morgan fingerprint density at radius 1 is 1.41 bits per heavy atom. The number of thiophene rings is 1. The normalized spacial score (nSPS) is 24.8. The van der Waals surface area contributed by atoms with Crippen LogP contribution in [0.2, 0.25) is 0 Å². The minimum absolute atomic E-state index is 0.190. The van der Waals surface area contributed by atoms with Crippen LogP contribution in [-0.2, 0) is 14.3 Å². The number of aliphatic imine (C=N–C) groups is 1. The number of rotatable bonds is 3. The molecule has 4 nitrogen and oxygen atoms in total. The van der Waals surface area contributed by atoms with Gasteiger partial charge < -0.3 is 4.74 Å². The average molecular weight is 317 g/mol. The van der Waals surface area contributed by atoms with Crippen molar-refractivity contribution in [3.05, 3.63) is 33.7 Å². The highest BCUT2D eigenvalue weighted by atomic mass is 32.1. The predicted molar refractivity (Wildman–Crippen MR) is 86.2 cm³/mol. The molecule has 22 heavy (non-hydrogen) atoms. The molecule has 1 fully saturated rings. The third kappa shape index (κ3) is 2.54. The van der Waals surface area contributed by atoms with Gasteiger partial charge in [-0.05, 0) is 49.1 Å². The number of carbonyl (C=O) groups excluding carboxylic acids is 2. The van der Waals surface area contributed by atoms with E-state index in [2.05, 4.69) is 4.99 Å². The van der Waals surface area contributed by atoms with E-state index in [4.69, 9.17) is 4.74 Å². The first-order valence-electron chi connectivity index (χ1n) is 7.63. The second-order valence-corrected chi connectivity index (χ2v) is 6.43. The summed E-state index contributed by atoms with van der Waals surface area (Å²) in [5.41, 5.74) is 3.18. The Bertz CT molecular complexity index is 657. The average Bonchev–Trinajstić information content (AvgIpc) is 3.00. The third-order valence-electron chi connectivity index (χ3n) is 4.31. The summed E-state index contributed by atoms with van der Waals surface area (Å²) in [6.45, 7) is 3.95. The summed E-state index contributed by atoms with van der Waals surface area (Å²) in [7, 11) is 0. The molecule has 0 amide bonds. The van der Waals surface area contributed by atoms with Crippen molar-refractivity contribution >= 4 is 28.8 Å². The number of hydrogen-bond donors (Lipinski definition) is 0. The lowest BCUT2D eigenvalue weighted by molar-refractivity contribution is -0.139. The van der Waals surface area contributed by atoms with Gasteiger partial charge in [0, 0.05) is 23.7 Å². The highest BCUT2D eigenvalue weighted by Crippen LogP contribution is 2.43. The monoisotopic (exact) mass is 317 g/mol. The third-order valence-corrected chi connectivity index (χ3v) is 5.01. The molecular formula is C17H19NO3S. The molecule has 0 saturated heterocycles. The molecule has 2 unspecified atom stereocenters. The van der Waals surface area contributed by atoms with Crippen LogP contribution in [0.4, 0.5) is 0 Å². The van der Waals surface area contributed by atoms with E-state index in [1.807, 2.05) is 23.8 Å². The number of nitrogens with zero attached hydrogens (tertiary/aromatic N) is 1. The van der Waals surface area contributed by atoms with Gasteiger partial charge in [-0.15, -0.1) is 0 Å². The highest BCUT2D eigenvalue weighted by molar-refractivity contribution is 7.08. The number of allylic oxidation sites excluding steroid dienone is 1. The molecule has 0 bridgehead atoms. The summed E-state index contributed by atoms with van der Waals surface area (Å²) in [6.07, 6.45) is 2.26. The van der Waals surface area contributed by atoms with Crippen LogP contribution in [0, 0.1) is 5.92 Å². The molecule has 1 saturated carbocycles. The number of hydrogen-bond acceptors (Lipinski definition) is 5. The SMILES string of the molecule is CCOC(=O)C1=C(C)N=C2CCCC(=O)C2C1c1ccsc1. The van der Waals surface area contributed by atoms with Gasteiger partial charge in [0.25, 0.3) is 0 Å². The van der Waals surface area contributed by atoms with Crippen molar-refractivity contribution in [2.24, 2.45) is 10.9 Å². The minimum atomic E-state index is -0.350. The maximum Gasteiger partial charge on any atom is 0.336 e. The molecular weight excluding hydrogens is 298 g/mol. The van der Waals surface area contributed by atoms with Crippen LogP contribution >= 0.6 is 11.3 Å². The summed E-state index contributed by atoms with van der Waals surface area (Å²) in [6, 6.07) is 1.99. The Balaban J connectivity index is 2.12. The first-order valence-corrected chi connectivity index (χ1v) is 8.58. The van der Waals surface area contributed by atoms with Crippen molar-refractivity contribution in [3.63, 3.8) is 0 Å². The number of ketones is 1. The van der Waals surface area contributed by atoms with Crippen LogP contribution in [0.1, 0.15) is 44.6 Å². The summed E-state index contributed by atoms with van der Waals surface area (Å²) in [5, 5.41) is 3.99. The zero-order chi connectivity index (χ0) is 15.7. The first kappa shape index (κ1) is 15.2. The van der Waals surface area contributed by atoms with Gasteiger partial charge in [0.1, 0.15) is 5.78 Å². The molecule has 0 spiro atoms. The first-order chi connectivity index (χ1) is 10.6. The van der Waals surface area contributed by atoms with Crippen molar-refractivity contribution in [3.8, 4) is 0 Å². The van der Waals surface area contributed by atoms with E-state index < -0.39 is 0 Å². The molecule has 0 radical (unpaired) electrons. The van der Waals surface area contributed by atoms with Crippen molar-refractivity contribution in [2.75, 3.05) is 6.61 Å². The summed E-state index contributed by atoms with van der Waals surface area (Å²) in [4.78, 5) is 29.5. The maximum atomic E-state index is 12.5. The van der Waals surface area contributed by atoms with Crippen LogP contribution in [0.5, 0.6) is 0 Å². The predicted octanol–water partition coefficient (Wildman–Crippen LogP) is 3.49. The number of carbonyl (C=O) groups is 2. The van der Waals surface area contributed by atoms with Gasteiger partial charge in [-0.1, -0.05) is 0 Å². The molecule has 1 aromatic heterocycles. The Labute approximate surface area is 133 Å². The molecule has 3 rings (SSSR count). The van der Waals surface area contributed by atoms with Crippen LogP contribution in [-0.4, -0.2) is 24.1 Å². The van der Waals surface area contributed by atoms with E-state index in [0.717, 1.165) is 24.1 Å². The van der Waals surface area contributed by atoms with E-state index in [9.17, 15) is 9.59 Å². The van der Waals surface area contributed by atoms with Crippen molar-refractivity contribution in [1.82, 2.24) is 0 Å². The van der Waals surface area contributed by atoms with Crippen LogP contribution in [0.3, 0.4) is 0 Å². The lowest BCUT2D eigenvalue weighted by Crippen LogP contribution is -2.38. The van der Waals surface area contributed by atoms with Crippen LogP contribution in [0.25, 0.3) is 0 Å². The Morgan fingerprint density at radius 3 is 2.91 bits per heavy atom. The Hall–Kier alpha value is -1.75. The molecule has 1 aliphatic carbocycles. The molecule has 2 heterocycles. The quantitative estimate of drug-likeness (QED) is 0.802. The van der Waals surface area contributed by atoms with Gasteiger partial charge in [-0.25, -0.2) is 4.79 Å². The van der Waals surface area contributed by atoms with E-state index in [1.54, 1.807) is 18.3 Å². The summed E-state index contributed by atoms with van der Waals surface area (Å²) in [5.74, 6) is -0.704. The zero-order valence-electron chi connectivity index (χ0n) is 12.8. The van der Waals surface area contributed by atoms with Crippen LogP contribution in [0.15, 0.2) is 33.1 Å². The molecule has 2 atom stereocenters. The molecule has 116 valence electrons. The van der Waals surface area contributed by atoms with Gasteiger partial charge >= 0.3 is 5.97 Å². The van der Waals surface area contributed by atoms with Gasteiger partial charge in [0.2, 0.25) is 0 Å².